The first-order chi connectivity index (χ1) is 20.5. The Balaban J connectivity index is 1.06. The molecule has 0 radical (unpaired) electrons. The molecule has 0 spiro atoms. The van der Waals surface area contributed by atoms with Gasteiger partial charge in [-0.05, 0) is 59.6 Å². The van der Waals surface area contributed by atoms with E-state index in [1.54, 1.807) is 4.90 Å². The van der Waals surface area contributed by atoms with Gasteiger partial charge in [-0.15, -0.1) is 0 Å². The van der Waals surface area contributed by atoms with Crippen LogP contribution < -0.4 is 10.6 Å². The maximum absolute atomic E-state index is 13.9. The molecule has 9 heteroatoms. The fourth-order valence-corrected chi connectivity index (χ4v) is 6.85. The van der Waals surface area contributed by atoms with Gasteiger partial charge in [-0.1, -0.05) is 54.6 Å². The van der Waals surface area contributed by atoms with E-state index in [4.69, 9.17) is 0 Å². The lowest BCUT2D eigenvalue weighted by Crippen LogP contribution is -2.54. The van der Waals surface area contributed by atoms with Crippen LogP contribution in [0.2, 0.25) is 0 Å². The predicted molar refractivity (Wildman–Crippen MR) is 159 cm³/mol. The number of nitrogens with zero attached hydrogens (tertiary/aromatic N) is 3. The van der Waals surface area contributed by atoms with E-state index in [1.807, 2.05) is 71.8 Å². The standard InChI is InChI=1S/C33H34N6O3/c40-31-25(16-24-8-4-5-9-28(24)35-31)22-12-14-38(15-13-22)33(42)36-30-17-23-10-11-29-26(18-34-37-29)27(23)20-39(32(30)41)19-21-6-2-1-3-7-21/h1-11,18,22,25,30H,12-17,19-20H2,(H,34,37)(H,35,40)(H,36,42). The van der Waals surface area contributed by atoms with E-state index in [2.05, 4.69) is 26.9 Å². The first kappa shape index (κ1) is 26.3. The molecule has 3 N–H and O–H groups in total. The molecule has 1 fully saturated rings. The fourth-order valence-electron chi connectivity index (χ4n) is 6.85. The SMILES string of the molecule is O=C1Nc2ccccc2CC1C1CCN(C(=O)NC2Cc3ccc4[nH]ncc4c3CN(Cc3ccccc3)C2=O)CC1. The van der Waals surface area contributed by atoms with Gasteiger partial charge in [0.25, 0.3) is 0 Å². The Bertz CT molecular complexity index is 1640. The molecule has 214 valence electrons. The van der Waals surface area contributed by atoms with Crippen molar-refractivity contribution in [3.8, 4) is 0 Å². The summed E-state index contributed by atoms with van der Waals surface area (Å²) < 4.78 is 0. The number of H-pyrrole nitrogens is 1. The van der Waals surface area contributed by atoms with Crippen molar-refractivity contribution in [2.45, 2.75) is 44.8 Å². The average Bonchev–Trinajstić information content (AvgIpc) is 3.46. The predicted octanol–water partition coefficient (Wildman–Crippen LogP) is 4.25. The van der Waals surface area contributed by atoms with Gasteiger partial charge in [0.15, 0.2) is 0 Å². The van der Waals surface area contributed by atoms with E-state index in [0.717, 1.165) is 52.5 Å². The van der Waals surface area contributed by atoms with Gasteiger partial charge in [0.05, 0.1) is 11.7 Å². The monoisotopic (exact) mass is 562 g/mol. The van der Waals surface area contributed by atoms with Gasteiger partial charge in [0.2, 0.25) is 11.8 Å². The number of amides is 4. The number of carbonyl (C=O) groups excluding carboxylic acids is 3. The Morgan fingerprint density at radius 1 is 0.929 bits per heavy atom. The lowest BCUT2D eigenvalue weighted by atomic mass is 9.78. The van der Waals surface area contributed by atoms with Crippen LogP contribution in [-0.2, 0) is 35.5 Å². The van der Waals surface area contributed by atoms with Crippen LogP contribution in [0.4, 0.5) is 10.5 Å². The normalized spacial score (nSPS) is 21.0. The van der Waals surface area contributed by atoms with Crippen LogP contribution in [0, 0.1) is 11.8 Å². The number of likely N-dealkylation sites (tertiary alicyclic amines) is 1. The molecule has 2 unspecified atom stereocenters. The number of hydrogen-bond donors (Lipinski definition) is 3. The van der Waals surface area contributed by atoms with E-state index < -0.39 is 6.04 Å². The Kier molecular flexibility index (Phi) is 6.85. The number of para-hydroxylation sites is 1. The van der Waals surface area contributed by atoms with Gasteiger partial charge in [0, 0.05) is 49.6 Å². The van der Waals surface area contributed by atoms with E-state index in [-0.39, 0.29) is 29.7 Å². The molecule has 9 nitrogen and oxygen atoms in total. The Morgan fingerprint density at radius 3 is 2.55 bits per heavy atom. The van der Waals surface area contributed by atoms with Crippen LogP contribution in [0.1, 0.15) is 35.1 Å². The molecule has 1 saturated heterocycles. The van der Waals surface area contributed by atoms with Crippen LogP contribution in [0.5, 0.6) is 0 Å². The summed E-state index contributed by atoms with van der Waals surface area (Å²) in [6, 6.07) is 21.0. The second kappa shape index (κ2) is 11.0. The summed E-state index contributed by atoms with van der Waals surface area (Å²) in [5, 5.41) is 14.4. The first-order valence-electron chi connectivity index (χ1n) is 14.7. The third-order valence-corrected chi connectivity index (χ3v) is 9.18. The number of urea groups is 1. The second-order valence-corrected chi connectivity index (χ2v) is 11.7. The van der Waals surface area contributed by atoms with E-state index in [9.17, 15) is 14.4 Å². The largest absolute Gasteiger partial charge is 0.332 e. The summed E-state index contributed by atoms with van der Waals surface area (Å²) in [4.78, 5) is 44.0. The van der Waals surface area contributed by atoms with Gasteiger partial charge >= 0.3 is 6.03 Å². The lowest BCUT2D eigenvalue weighted by molar-refractivity contribution is -0.134. The molecule has 1 aromatic heterocycles. The van der Waals surface area contributed by atoms with Crippen molar-refractivity contribution in [1.82, 2.24) is 25.3 Å². The third-order valence-electron chi connectivity index (χ3n) is 9.18. The molecule has 3 aromatic carbocycles. The fraction of sp³-hybridized carbons (Fsp3) is 0.333. The number of benzene rings is 3. The van der Waals surface area contributed by atoms with Crippen LogP contribution in [-0.4, -0.2) is 57.0 Å². The van der Waals surface area contributed by atoms with Gasteiger partial charge in [-0.2, -0.15) is 5.10 Å². The molecule has 3 aliphatic rings. The summed E-state index contributed by atoms with van der Waals surface area (Å²) >= 11 is 0. The highest BCUT2D eigenvalue weighted by atomic mass is 16.2. The highest BCUT2D eigenvalue weighted by Crippen LogP contribution is 2.34. The third kappa shape index (κ3) is 5.00. The minimum atomic E-state index is -0.676. The second-order valence-electron chi connectivity index (χ2n) is 11.7. The highest BCUT2D eigenvalue weighted by Gasteiger charge is 2.37. The molecule has 3 aliphatic heterocycles. The van der Waals surface area contributed by atoms with E-state index in [1.165, 1.54) is 5.56 Å². The van der Waals surface area contributed by atoms with Crippen molar-refractivity contribution in [2.24, 2.45) is 11.8 Å². The summed E-state index contributed by atoms with van der Waals surface area (Å²) in [7, 11) is 0. The number of hydrogen-bond acceptors (Lipinski definition) is 4. The zero-order valence-corrected chi connectivity index (χ0v) is 23.4. The molecule has 4 amide bonds. The van der Waals surface area contributed by atoms with Crippen molar-refractivity contribution in [2.75, 3.05) is 18.4 Å². The van der Waals surface area contributed by atoms with Crippen molar-refractivity contribution < 1.29 is 14.4 Å². The van der Waals surface area contributed by atoms with E-state index in [0.29, 0.717) is 32.6 Å². The molecular weight excluding hydrogens is 528 g/mol. The first-order valence-corrected chi connectivity index (χ1v) is 14.7. The molecule has 42 heavy (non-hydrogen) atoms. The maximum Gasteiger partial charge on any atom is 0.318 e. The van der Waals surface area contributed by atoms with Crippen LogP contribution in [0.15, 0.2) is 72.9 Å². The number of anilines is 1. The zero-order chi connectivity index (χ0) is 28.6. The van der Waals surface area contributed by atoms with Crippen LogP contribution in [0.3, 0.4) is 0 Å². The maximum atomic E-state index is 13.9. The number of aromatic nitrogens is 2. The molecule has 0 saturated carbocycles. The molecule has 4 aromatic rings. The minimum absolute atomic E-state index is 0.0737. The topological polar surface area (TPSA) is 110 Å². The van der Waals surface area contributed by atoms with Crippen molar-refractivity contribution in [3.05, 3.63) is 95.2 Å². The van der Waals surface area contributed by atoms with Gasteiger partial charge in [0.1, 0.15) is 6.04 Å². The number of aromatic amines is 1. The molecule has 7 rings (SSSR count). The summed E-state index contributed by atoms with van der Waals surface area (Å²) in [5.41, 5.74) is 6.15. The lowest BCUT2D eigenvalue weighted by Gasteiger charge is -2.37. The molecular formula is C33H34N6O3. The average molecular weight is 563 g/mol. The van der Waals surface area contributed by atoms with Crippen LogP contribution in [0.25, 0.3) is 10.9 Å². The summed E-state index contributed by atoms with van der Waals surface area (Å²) in [6.07, 6.45) is 4.48. The Morgan fingerprint density at radius 2 is 1.71 bits per heavy atom. The number of fused-ring (bicyclic) bond motifs is 4. The zero-order valence-electron chi connectivity index (χ0n) is 23.4. The quantitative estimate of drug-likeness (QED) is 0.345. The van der Waals surface area contributed by atoms with Gasteiger partial charge in [-0.25, -0.2) is 4.79 Å². The smallest absolute Gasteiger partial charge is 0.318 e. The summed E-state index contributed by atoms with van der Waals surface area (Å²) in [6.45, 7) is 2.02. The van der Waals surface area contributed by atoms with Crippen LogP contribution >= 0.6 is 0 Å². The minimum Gasteiger partial charge on any atom is -0.332 e. The van der Waals surface area contributed by atoms with Crippen molar-refractivity contribution >= 4 is 34.4 Å². The number of piperidine rings is 1. The van der Waals surface area contributed by atoms with Gasteiger partial charge in [-0.3, -0.25) is 14.7 Å². The van der Waals surface area contributed by atoms with Gasteiger partial charge < -0.3 is 20.4 Å². The number of rotatable bonds is 4. The number of nitrogens with one attached hydrogen (secondary N) is 3. The Hall–Kier alpha value is -4.66. The molecule has 0 bridgehead atoms. The molecule has 4 heterocycles. The number of carbonyl (C=O) groups is 3. The van der Waals surface area contributed by atoms with Crippen molar-refractivity contribution in [3.63, 3.8) is 0 Å². The molecule has 2 atom stereocenters. The summed E-state index contributed by atoms with van der Waals surface area (Å²) in [5.74, 6) is 0.112. The highest BCUT2D eigenvalue weighted by molar-refractivity contribution is 5.96. The van der Waals surface area contributed by atoms with Crippen molar-refractivity contribution in [1.29, 1.82) is 0 Å². The van der Waals surface area contributed by atoms with E-state index >= 15 is 0 Å². The molecule has 0 aliphatic carbocycles. The Labute approximate surface area is 244 Å².